The van der Waals surface area contributed by atoms with E-state index >= 15 is 0 Å². The Morgan fingerprint density at radius 3 is 2.45 bits per heavy atom. The fourth-order valence-electron chi connectivity index (χ4n) is 3.89. The Morgan fingerprint density at radius 2 is 1.80 bits per heavy atom. The Morgan fingerprint density at radius 1 is 1.15 bits per heavy atom. The molecule has 2 heteroatoms. The maximum absolute atomic E-state index is 6.31. The van der Waals surface area contributed by atoms with Gasteiger partial charge >= 0.3 is 0 Å². The van der Waals surface area contributed by atoms with Gasteiger partial charge < -0.3 is 11.5 Å². The quantitative estimate of drug-likeness (QED) is 0.765. The maximum Gasteiger partial charge on any atom is 0.0351 e. The van der Waals surface area contributed by atoms with Crippen molar-refractivity contribution in [3.8, 4) is 0 Å². The summed E-state index contributed by atoms with van der Waals surface area (Å²) in [5.74, 6) is 0.598. The van der Waals surface area contributed by atoms with Crippen molar-refractivity contribution in [3.05, 3.63) is 53.1 Å². The third-order valence-corrected chi connectivity index (χ3v) is 5.00. The van der Waals surface area contributed by atoms with Crippen LogP contribution in [0.1, 0.15) is 39.2 Å². The van der Waals surface area contributed by atoms with Crippen molar-refractivity contribution in [2.45, 2.75) is 44.6 Å². The average Bonchev–Trinajstić information content (AvgIpc) is 2.61. The molecule has 2 nitrogen and oxygen atoms in total. The molecule has 106 valence electrons. The van der Waals surface area contributed by atoms with Crippen molar-refractivity contribution < 1.29 is 0 Å². The lowest BCUT2D eigenvalue weighted by Gasteiger charge is -2.31. The summed E-state index contributed by atoms with van der Waals surface area (Å²) in [6.45, 7) is 6.78. The summed E-state index contributed by atoms with van der Waals surface area (Å²) in [7, 11) is 0. The Balaban J connectivity index is 2.06. The molecular weight excluding hydrogens is 244 g/mol. The predicted octanol–water partition coefficient (Wildman–Crippen LogP) is 3.54. The van der Waals surface area contributed by atoms with Crippen molar-refractivity contribution in [2.24, 2.45) is 11.7 Å². The van der Waals surface area contributed by atoms with Crippen LogP contribution in [-0.4, -0.2) is 5.54 Å². The van der Waals surface area contributed by atoms with Crippen LogP contribution < -0.4 is 11.5 Å². The summed E-state index contributed by atoms with van der Waals surface area (Å²) < 4.78 is 0. The number of benzene rings is 1. The van der Waals surface area contributed by atoms with Crippen molar-refractivity contribution >= 4 is 5.69 Å². The molecule has 3 rings (SSSR count). The number of hydrogen-bond donors (Lipinski definition) is 2. The third kappa shape index (κ3) is 1.99. The molecule has 0 heterocycles. The second kappa shape index (κ2) is 4.23. The van der Waals surface area contributed by atoms with Gasteiger partial charge in [-0.1, -0.05) is 43.7 Å². The van der Waals surface area contributed by atoms with Gasteiger partial charge in [-0.15, -0.1) is 0 Å². The van der Waals surface area contributed by atoms with E-state index in [1.807, 2.05) is 12.1 Å². The first-order chi connectivity index (χ1) is 9.32. The molecule has 0 aromatic heterocycles. The van der Waals surface area contributed by atoms with Crippen molar-refractivity contribution in [2.75, 3.05) is 5.73 Å². The zero-order valence-electron chi connectivity index (χ0n) is 12.6. The molecule has 0 bridgehead atoms. The number of nitrogen functional groups attached to an aromatic ring is 1. The lowest BCUT2D eigenvalue weighted by atomic mass is 9.74. The molecule has 20 heavy (non-hydrogen) atoms. The summed E-state index contributed by atoms with van der Waals surface area (Å²) in [5, 5.41) is 0. The van der Waals surface area contributed by atoms with Crippen LogP contribution in [0.15, 0.2) is 47.6 Å². The molecule has 0 saturated carbocycles. The predicted molar refractivity (Wildman–Crippen MR) is 85.4 cm³/mol. The van der Waals surface area contributed by atoms with E-state index in [1.54, 1.807) is 0 Å². The van der Waals surface area contributed by atoms with E-state index in [2.05, 4.69) is 45.1 Å². The largest absolute Gasteiger partial charge is 0.399 e. The van der Waals surface area contributed by atoms with Crippen LogP contribution >= 0.6 is 0 Å². The summed E-state index contributed by atoms with van der Waals surface area (Å²) in [6.07, 6.45) is 6.56. The standard InChI is InChI=1S/C18H24N2/c1-12-10-18(3,13-4-6-14(19)7-5-13)16-8-9-17(2,20)11-15(12)16/h4-9,12H,10-11,19-20H2,1-3H3. The van der Waals surface area contributed by atoms with Crippen molar-refractivity contribution in [1.29, 1.82) is 0 Å². The minimum atomic E-state index is -0.195. The molecule has 2 aliphatic carbocycles. The first-order valence-electron chi connectivity index (χ1n) is 7.39. The van der Waals surface area contributed by atoms with Gasteiger partial charge in [-0.2, -0.15) is 0 Å². The minimum absolute atomic E-state index is 0.0927. The first kappa shape index (κ1) is 13.4. The highest BCUT2D eigenvalue weighted by Gasteiger charge is 2.43. The van der Waals surface area contributed by atoms with Gasteiger partial charge in [-0.25, -0.2) is 0 Å². The van der Waals surface area contributed by atoms with Gasteiger partial charge in [-0.05, 0) is 49.0 Å². The Kier molecular flexibility index (Phi) is 2.84. The molecule has 2 aliphatic rings. The summed E-state index contributed by atoms with van der Waals surface area (Å²) in [4.78, 5) is 0. The van der Waals surface area contributed by atoms with Crippen LogP contribution in [0.5, 0.6) is 0 Å². The van der Waals surface area contributed by atoms with Gasteiger partial charge in [0, 0.05) is 16.6 Å². The fourth-order valence-corrected chi connectivity index (χ4v) is 3.89. The summed E-state index contributed by atoms with van der Waals surface area (Å²) in [6, 6.07) is 8.34. The van der Waals surface area contributed by atoms with Gasteiger partial charge in [-0.3, -0.25) is 0 Å². The van der Waals surface area contributed by atoms with Crippen LogP contribution in [0, 0.1) is 5.92 Å². The molecule has 0 spiro atoms. The molecule has 1 aromatic carbocycles. The van der Waals surface area contributed by atoms with Crippen LogP contribution in [0.2, 0.25) is 0 Å². The van der Waals surface area contributed by atoms with Crippen LogP contribution in [0.4, 0.5) is 5.69 Å². The number of rotatable bonds is 1. The highest BCUT2D eigenvalue weighted by molar-refractivity contribution is 5.53. The monoisotopic (exact) mass is 268 g/mol. The van der Waals surface area contributed by atoms with Gasteiger partial charge in [0.1, 0.15) is 0 Å². The zero-order chi connectivity index (χ0) is 14.5. The van der Waals surface area contributed by atoms with Crippen LogP contribution in [0.3, 0.4) is 0 Å². The maximum atomic E-state index is 6.31. The van der Waals surface area contributed by atoms with E-state index in [-0.39, 0.29) is 11.0 Å². The molecule has 1 aromatic rings. The third-order valence-electron chi connectivity index (χ3n) is 5.00. The highest BCUT2D eigenvalue weighted by atomic mass is 14.7. The fraction of sp³-hybridized carbons (Fsp3) is 0.444. The lowest BCUT2D eigenvalue weighted by molar-refractivity contribution is 0.483. The molecule has 0 amide bonds. The smallest absolute Gasteiger partial charge is 0.0351 e. The minimum Gasteiger partial charge on any atom is -0.399 e. The highest BCUT2D eigenvalue weighted by Crippen LogP contribution is 2.52. The Bertz CT molecular complexity index is 592. The van der Waals surface area contributed by atoms with Gasteiger partial charge in [0.05, 0.1) is 0 Å². The number of allylic oxidation sites excluding steroid dienone is 2. The SMILES string of the molecule is CC1CC(C)(c2ccc(N)cc2)C2=C1CC(C)(N)C=C2. The molecule has 0 radical (unpaired) electrons. The Labute approximate surface area is 121 Å². The number of nitrogens with two attached hydrogens (primary N) is 2. The number of hydrogen-bond acceptors (Lipinski definition) is 2. The van der Waals surface area contributed by atoms with Gasteiger partial charge in [0.15, 0.2) is 0 Å². The second-order valence-corrected chi connectivity index (χ2v) is 7.01. The van der Waals surface area contributed by atoms with Crippen molar-refractivity contribution in [3.63, 3.8) is 0 Å². The number of anilines is 1. The topological polar surface area (TPSA) is 52.0 Å². The lowest BCUT2D eigenvalue weighted by Crippen LogP contribution is -2.36. The van der Waals surface area contributed by atoms with E-state index in [4.69, 9.17) is 11.5 Å². The second-order valence-electron chi connectivity index (χ2n) is 7.01. The summed E-state index contributed by atoms with van der Waals surface area (Å²) in [5.41, 5.74) is 17.2. The van der Waals surface area contributed by atoms with Crippen LogP contribution in [-0.2, 0) is 5.41 Å². The van der Waals surface area contributed by atoms with E-state index in [9.17, 15) is 0 Å². The molecule has 3 atom stereocenters. The van der Waals surface area contributed by atoms with Crippen molar-refractivity contribution in [1.82, 2.24) is 0 Å². The normalized spacial score (nSPS) is 36.3. The Hall–Kier alpha value is -1.54. The van der Waals surface area contributed by atoms with E-state index < -0.39 is 0 Å². The van der Waals surface area contributed by atoms with E-state index in [0.717, 1.165) is 18.5 Å². The summed E-state index contributed by atoms with van der Waals surface area (Å²) >= 11 is 0. The zero-order valence-corrected chi connectivity index (χ0v) is 12.6. The molecule has 0 aliphatic heterocycles. The van der Waals surface area contributed by atoms with Gasteiger partial charge in [0.25, 0.3) is 0 Å². The first-order valence-corrected chi connectivity index (χ1v) is 7.39. The molecule has 0 fully saturated rings. The average molecular weight is 268 g/mol. The van der Waals surface area contributed by atoms with Crippen LogP contribution in [0.25, 0.3) is 0 Å². The van der Waals surface area contributed by atoms with Gasteiger partial charge in [0.2, 0.25) is 0 Å². The molecule has 3 unspecified atom stereocenters. The molecular formula is C18H24N2. The molecule has 0 saturated heterocycles. The molecule has 4 N–H and O–H groups in total. The van der Waals surface area contributed by atoms with E-state index in [0.29, 0.717) is 5.92 Å². The van der Waals surface area contributed by atoms with E-state index in [1.165, 1.54) is 16.7 Å².